The molecular formula is C19H24BrN3OS. The predicted octanol–water partition coefficient (Wildman–Crippen LogP) is 4.18. The zero-order chi connectivity index (χ0) is 17.6. The second-order valence-electron chi connectivity index (χ2n) is 6.49. The molecule has 4 nitrogen and oxygen atoms in total. The Bertz CT molecular complexity index is 701. The van der Waals surface area contributed by atoms with Crippen LogP contribution in [0.5, 0.6) is 0 Å². The second kappa shape index (κ2) is 8.94. The minimum Gasteiger partial charge on any atom is -0.326 e. The highest BCUT2D eigenvalue weighted by Crippen LogP contribution is 2.23. The van der Waals surface area contributed by atoms with E-state index in [1.807, 2.05) is 23.5 Å². The molecule has 0 saturated carbocycles. The van der Waals surface area contributed by atoms with Gasteiger partial charge in [-0.25, -0.2) is 0 Å². The average molecular weight is 422 g/mol. The number of carbonyl (C=O) groups excluding carboxylic acids is 1. The molecule has 0 atom stereocenters. The van der Waals surface area contributed by atoms with Crippen molar-refractivity contribution in [2.45, 2.75) is 26.4 Å². The molecule has 2 aromatic rings. The molecule has 1 aliphatic rings. The van der Waals surface area contributed by atoms with Gasteiger partial charge in [-0.15, -0.1) is 11.3 Å². The number of nitrogens with one attached hydrogen (secondary N) is 1. The number of rotatable bonds is 5. The first-order valence-electron chi connectivity index (χ1n) is 8.64. The summed E-state index contributed by atoms with van der Waals surface area (Å²) in [4.78, 5) is 17.6. The Morgan fingerprint density at radius 1 is 1.04 bits per heavy atom. The molecule has 134 valence electrons. The summed E-state index contributed by atoms with van der Waals surface area (Å²) >= 11 is 5.37. The molecule has 6 heteroatoms. The van der Waals surface area contributed by atoms with Crippen LogP contribution in [0.4, 0.5) is 5.69 Å². The molecule has 25 heavy (non-hydrogen) atoms. The molecule has 1 saturated heterocycles. The van der Waals surface area contributed by atoms with Gasteiger partial charge < -0.3 is 5.32 Å². The number of hydrogen-bond donors (Lipinski definition) is 1. The lowest BCUT2D eigenvalue weighted by atomic mass is 10.2. The molecule has 1 aliphatic heterocycles. The first kappa shape index (κ1) is 18.6. The van der Waals surface area contributed by atoms with Crippen LogP contribution in [0.3, 0.4) is 0 Å². The fraction of sp³-hybridized carbons (Fsp3) is 0.421. The van der Waals surface area contributed by atoms with E-state index in [4.69, 9.17) is 0 Å². The maximum absolute atomic E-state index is 11.1. The normalized spacial score (nSPS) is 16.6. The van der Waals surface area contributed by atoms with Gasteiger partial charge in [0.15, 0.2) is 0 Å². The summed E-state index contributed by atoms with van der Waals surface area (Å²) < 4.78 is 1.21. The number of benzene rings is 1. The summed E-state index contributed by atoms with van der Waals surface area (Å²) in [5.74, 6) is -0.0295. The molecule has 1 amide bonds. The summed E-state index contributed by atoms with van der Waals surface area (Å²) in [5.41, 5.74) is 2.16. The van der Waals surface area contributed by atoms with Crippen molar-refractivity contribution in [2.24, 2.45) is 0 Å². The van der Waals surface area contributed by atoms with E-state index >= 15 is 0 Å². The first-order valence-corrected chi connectivity index (χ1v) is 10.2. The summed E-state index contributed by atoms with van der Waals surface area (Å²) in [6.45, 7) is 8.06. The Labute approximate surface area is 162 Å². The molecule has 0 bridgehead atoms. The minimum atomic E-state index is -0.0295. The van der Waals surface area contributed by atoms with Gasteiger partial charge in [0.25, 0.3) is 0 Å². The van der Waals surface area contributed by atoms with Crippen molar-refractivity contribution < 1.29 is 4.79 Å². The third-order valence-corrected chi connectivity index (χ3v) is 5.98. The van der Waals surface area contributed by atoms with E-state index in [2.05, 4.69) is 55.3 Å². The minimum absolute atomic E-state index is 0.0295. The van der Waals surface area contributed by atoms with Crippen LogP contribution < -0.4 is 5.32 Å². The summed E-state index contributed by atoms with van der Waals surface area (Å²) in [7, 11) is 0. The van der Waals surface area contributed by atoms with Gasteiger partial charge in [0.05, 0.1) is 3.79 Å². The Morgan fingerprint density at radius 3 is 2.32 bits per heavy atom. The predicted molar refractivity (Wildman–Crippen MR) is 108 cm³/mol. The van der Waals surface area contributed by atoms with Crippen LogP contribution >= 0.6 is 27.3 Å². The lowest BCUT2D eigenvalue weighted by Gasteiger charge is -2.21. The number of anilines is 1. The van der Waals surface area contributed by atoms with Crippen LogP contribution in [0.25, 0.3) is 0 Å². The smallest absolute Gasteiger partial charge is 0.221 e. The average Bonchev–Trinajstić information content (AvgIpc) is 2.85. The number of halogens is 1. The summed E-state index contributed by atoms with van der Waals surface area (Å²) in [6.07, 6.45) is 1.20. The fourth-order valence-corrected chi connectivity index (χ4v) is 4.68. The van der Waals surface area contributed by atoms with Crippen LogP contribution in [0.2, 0.25) is 0 Å². The van der Waals surface area contributed by atoms with E-state index in [1.54, 1.807) is 0 Å². The molecule has 0 radical (unpaired) electrons. The molecule has 1 aromatic carbocycles. The molecule has 2 heterocycles. The molecular weight excluding hydrogens is 398 g/mol. The van der Waals surface area contributed by atoms with Crippen molar-refractivity contribution in [3.05, 3.63) is 50.6 Å². The standard InChI is InChI=1S/C19H24BrN3OS/c1-15(24)21-17-5-3-16(4-6-17)13-22-9-2-10-23(12-11-22)14-18-7-8-19(20)25-18/h3-8H,2,9-14H2,1H3,(H,21,24). The van der Waals surface area contributed by atoms with Crippen LogP contribution in [0.15, 0.2) is 40.2 Å². The van der Waals surface area contributed by atoms with E-state index in [0.717, 1.165) is 45.0 Å². The Hall–Kier alpha value is -1.21. The summed E-state index contributed by atoms with van der Waals surface area (Å²) in [6, 6.07) is 12.5. The Kier molecular flexibility index (Phi) is 6.64. The van der Waals surface area contributed by atoms with Crippen molar-refractivity contribution in [3.8, 4) is 0 Å². The van der Waals surface area contributed by atoms with Gasteiger partial charge >= 0.3 is 0 Å². The van der Waals surface area contributed by atoms with Crippen molar-refractivity contribution in [2.75, 3.05) is 31.5 Å². The van der Waals surface area contributed by atoms with Crippen molar-refractivity contribution >= 4 is 38.9 Å². The largest absolute Gasteiger partial charge is 0.326 e. The van der Waals surface area contributed by atoms with Gasteiger partial charge in [0, 0.05) is 43.7 Å². The topological polar surface area (TPSA) is 35.6 Å². The molecule has 0 aliphatic carbocycles. The van der Waals surface area contributed by atoms with E-state index < -0.39 is 0 Å². The number of carbonyl (C=O) groups is 1. The van der Waals surface area contributed by atoms with Crippen LogP contribution in [-0.4, -0.2) is 41.9 Å². The maximum Gasteiger partial charge on any atom is 0.221 e. The lowest BCUT2D eigenvalue weighted by Crippen LogP contribution is -2.30. The summed E-state index contributed by atoms with van der Waals surface area (Å²) in [5, 5.41) is 2.81. The zero-order valence-electron chi connectivity index (χ0n) is 14.5. The zero-order valence-corrected chi connectivity index (χ0v) is 16.9. The first-order chi connectivity index (χ1) is 12.1. The van der Waals surface area contributed by atoms with Gasteiger partial charge in [-0.05, 0) is 65.3 Å². The van der Waals surface area contributed by atoms with Gasteiger partial charge in [0.1, 0.15) is 0 Å². The van der Waals surface area contributed by atoms with Gasteiger partial charge in [-0.1, -0.05) is 12.1 Å². The number of amides is 1. The fourth-order valence-electron chi connectivity index (χ4n) is 3.15. The molecule has 0 unspecified atom stereocenters. The van der Waals surface area contributed by atoms with Crippen LogP contribution in [0, 0.1) is 0 Å². The van der Waals surface area contributed by atoms with Crippen molar-refractivity contribution in [3.63, 3.8) is 0 Å². The Morgan fingerprint density at radius 2 is 1.72 bits per heavy atom. The molecule has 1 N–H and O–H groups in total. The number of thiophene rings is 1. The molecule has 0 spiro atoms. The number of hydrogen-bond acceptors (Lipinski definition) is 4. The van der Waals surface area contributed by atoms with E-state index in [-0.39, 0.29) is 5.91 Å². The Balaban J connectivity index is 1.50. The molecule has 1 fully saturated rings. The van der Waals surface area contributed by atoms with Gasteiger partial charge in [-0.2, -0.15) is 0 Å². The van der Waals surface area contributed by atoms with E-state index in [1.165, 1.54) is 27.6 Å². The van der Waals surface area contributed by atoms with Crippen molar-refractivity contribution in [1.29, 1.82) is 0 Å². The van der Waals surface area contributed by atoms with Crippen LogP contribution in [-0.2, 0) is 17.9 Å². The highest BCUT2D eigenvalue weighted by molar-refractivity contribution is 9.11. The highest BCUT2D eigenvalue weighted by Gasteiger charge is 2.15. The van der Waals surface area contributed by atoms with E-state index in [0.29, 0.717) is 0 Å². The molecule has 3 rings (SSSR count). The molecule has 1 aromatic heterocycles. The van der Waals surface area contributed by atoms with Crippen LogP contribution in [0.1, 0.15) is 23.8 Å². The van der Waals surface area contributed by atoms with Gasteiger partial charge in [-0.3, -0.25) is 14.6 Å². The van der Waals surface area contributed by atoms with Gasteiger partial charge in [0.2, 0.25) is 5.91 Å². The number of nitrogens with zero attached hydrogens (tertiary/aromatic N) is 2. The quantitative estimate of drug-likeness (QED) is 0.786. The third-order valence-electron chi connectivity index (χ3n) is 4.37. The maximum atomic E-state index is 11.1. The lowest BCUT2D eigenvalue weighted by molar-refractivity contribution is -0.114. The second-order valence-corrected chi connectivity index (χ2v) is 9.04. The highest BCUT2D eigenvalue weighted by atomic mass is 79.9. The third kappa shape index (κ3) is 5.92. The van der Waals surface area contributed by atoms with E-state index in [9.17, 15) is 4.79 Å². The monoisotopic (exact) mass is 421 g/mol. The SMILES string of the molecule is CC(=O)Nc1ccc(CN2CCCN(Cc3ccc(Br)s3)CC2)cc1. The van der Waals surface area contributed by atoms with Crippen molar-refractivity contribution in [1.82, 2.24) is 9.80 Å².